The molecular formula is C19H21ClN2O3. The van der Waals surface area contributed by atoms with Crippen LogP contribution in [0, 0.1) is 0 Å². The van der Waals surface area contributed by atoms with Crippen molar-refractivity contribution >= 4 is 17.5 Å². The van der Waals surface area contributed by atoms with Crippen LogP contribution in [0.15, 0.2) is 36.4 Å². The number of carbonyl (C=O) groups is 1. The maximum Gasteiger partial charge on any atom is 0.234 e. The lowest BCUT2D eigenvalue weighted by atomic mass is 10.0. The molecule has 3 rings (SSSR count). The fourth-order valence-corrected chi connectivity index (χ4v) is 3.17. The number of amides is 1. The van der Waals surface area contributed by atoms with E-state index in [2.05, 4.69) is 5.32 Å². The van der Waals surface area contributed by atoms with Crippen molar-refractivity contribution in [2.24, 2.45) is 0 Å². The summed E-state index contributed by atoms with van der Waals surface area (Å²) in [5, 5.41) is 13.8. The number of carbonyl (C=O) groups excluding carboxylic acids is 1. The second-order valence-corrected chi connectivity index (χ2v) is 6.44. The maximum atomic E-state index is 11.9. The van der Waals surface area contributed by atoms with Gasteiger partial charge in [0.25, 0.3) is 0 Å². The van der Waals surface area contributed by atoms with E-state index in [1.807, 2.05) is 42.2 Å². The second-order valence-electron chi connectivity index (χ2n) is 6.01. The first-order chi connectivity index (χ1) is 12.1. The fraction of sp³-hybridized carbons (Fsp3) is 0.316. The lowest BCUT2D eigenvalue weighted by molar-refractivity contribution is -0.122. The normalized spacial score (nSPS) is 14.3. The number of phenolic OH excluding ortho intramolecular Hbond substituents is 1. The van der Waals surface area contributed by atoms with Gasteiger partial charge in [-0.2, -0.15) is 0 Å². The van der Waals surface area contributed by atoms with Gasteiger partial charge in [-0.3, -0.25) is 9.69 Å². The third kappa shape index (κ3) is 4.24. The molecule has 1 aliphatic heterocycles. The molecule has 0 unspecified atom stereocenters. The zero-order valence-electron chi connectivity index (χ0n) is 14.1. The summed E-state index contributed by atoms with van der Waals surface area (Å²) in [5.41, 5.74) is 2.64. The summed E-state index contributed by atoms with van der Waals surface area (Å²) in [4.78, 5) is 13.9. The number of likely N-dealkylation sites (N-methyl/N-ethyl adjacent to an activating group) is 1. The molecule has 0 aromatic heterocycles. The van der Waals surface area contributed by atoms with Gasteiger partial charge in [0.05, 0.1) is 6.54 Å². The van der Waals surface area contributed by atoms with Crippen LogP contribution in [-0.2, 0) is 11.3 Å². The van der Waals surface area contributed by atoms with Gasteiger partial charge in [-0.1, -0.05) is 23.7 Å². The lowest BCUT2D eigenvalue weighted by Gasteiger charge is -2.18. The summed E-state index contributed by atoms with van der Waals surface area (Å²) in [6.07, 6.45) is 0. The molecule has 5 nitrogen and oxygen atoms in total. The molecular weight excluding hydrogens is 340 g/mol. The van der Waals surface area contributed by atoms with Crippen molar-refractivity contribution in [1.82, 2.24) is 10.2 Å². The first-order valence-corrected chi connectivity index (χ1v) is 8.68. The van der Waals surface area contributed by atoms with E-state index in [1.165, 1.54) is 0 Å². The molecule has 2 aromatic rings. The molecule has 0 saturated carbocycles. The first kappa shape index (κ1) is 17.6. The van der Waals surface area contributed by atoms with Crippen LogP contribution in [0.4, 0.5) is 0 Å². The summed E-state index contributed by atoms with van der Waals surface area (Å²) >= 11 is 6.07. The molecule has 1 aliphatic rings. The molecule has 2 N–H and O–H groups in total. The Morgan fingerprint density at radius 1 is 1.32 bits per heavy atom. The van der Waals surface area contributed by atoms with Gasteiger partial charge in [0.1, 0.15) is 6.61 Å². The molecule has 0 aliphatic carbocycles. The number of hydrogen-bond acceptors (Lipinski definition) is 4. The van der Waals surface area contributed by atoms with Crippen LogP contribution in [0.3, 0.4) is 0 Å². The number of nitrogens with one attached hydrogen (secondary N) is 1. The standard InChI is InChI=1S/C19H21ClN2O3/c1-2-21-18(24)12-22-6-7-25-19-15(11-22)8-14(10-17(19)23)13-4-3-5-16(20)9-13/h3-5,8-10,23H,2,6-7,11-12H2,1H3,(H,21,24). The van der Waals surface area contributed by atoms with Gasteiger partial charge in [-0.25, -0.2) is 0 Å². The van der Waals surface area contributed by atoms with Gasteiger partial charge in [-0.05, 0) is 42.3 Å². The van der Waals surface area contributed by atoms with Gasteiger partial charge in [0.2, 0.25) is 5.91 Å². The molecule has 132 valence electrons. The Morgan fingerprint density at radius 2 is 2.16 bits per heavy atom. The minimum absolute atomic E-state index is 0.0128. The predicted molar refractivity (Wildman–Crippen MR) is 98.0 cm³/mol. The third-order valence-corrected chi connectivity index (χ3v) is 4.33. The SMILES string of the molecule is CCNC(=O)CN1CCOc2c(O)cc(-c3cccc(Cl)c3)cc2C1. The molecule has 25 heavy (non-hydrogen) atoms. The molecule has 1 heterocycles. The van der Waals surface area contributed by atoms with Crippen molar-refractivity contribution in [3.8, 4) is 22.6 Å². The van der Waals surface area contributed by atoms with Crippen molar-refractivity contribution in [1.29, 1.82) is 0 Å². The molecule has 0 spiro atoms. The summed E-state index contributed by atoms with van der Waals surface area (Å²) < 4.78 is 5.72. The van der Waals surface area contributed by atoms with Gasteiger partial charge < -0.3 is 15.2 Å². The van der Waals surface area contributed by atoms with Crippen LogP contribution in [0.2, 0.25) is 5.02 Å². The number of nitrogens with zero attached hydrogens (tertiary/aromatic N) is 1. The number of benzene rings is 2. The van der Waals surface area contributed by atoms with Crippen LogP contribution >= 0.6 is 11.6 Å². The minimum atomic E-state index is -0.0128. The highest BCUT2D eigenvalue weighted by atomic mass is 35.5. The topological polar surface area (TPSA) is 61.8 Å². The summed E-state index contributed by atoms with van der Waals surface area (Å²) in [7, 11) is 0. The highest BCUT2D eigenvalue weighted by Crippen LogP contribution is 2.37. The van der Waals surface area contributed by atoms with Gasteiger partial charge >= 0.3 is 0 Å². The minimum Gasteiger partial charge on any atom is -0.504 e. The number of hydrogen-bond donors (Lipinski definition) is 2. The van der Waals surface area contributed by atoms with Crippen LogP contribution in [0.5, 0.6) is 11.5 Å². The van der Waals surface area contributed by atoms with Crippen LogP contribution in [-0.4, -0.2) is 42.2 Å². The summed E-state index contributed by atoms with van der Waals surface area (Å²) in [5.74, 6) is 0.581. The van der Waals surface area contributed by atoms with Crippen molar-refractivity contribution in [2.75, 3.05) is 26.2 Å². The zero-order valence-corrected chi connectivity index (χ0v) is 14.8. The van der Waals surface area contributed by atoms with E-state index in [9.17, 15) is 9.90 Å². The van der Waals surface area contributed by atoms with E-state index < -0.39 is 0 Å². The van der Waals surface area contributed by atoms with Gasteiger partial charge in [0.15, 0.2) is 11.5 Å². The number of rotatable bonds is 4. The Balaban J connectivity index is 1.89. The second kappa shape index (κ2) is 7.76. The first-order valence-electron chi connectivity index (χ1n) is 8.30. The highest BCUT2D eigenvalue weighted by molar-refractivity contribution is 6.30. The summed E-state index contributed by atoms with van der Waals surface area (Å²) in [6, 6.07) is 11.1. The quantitative estimate of drug-likeness (QED) is 0.879. The van der Waals surface area contributed by atoms with E-state index in [-0.39, 0.29) is 11.7 Å². The Bertz CT molecular complexity index is 779. The van der Waals surface area contributed by atoms with Crippen LogP contribution in [0.1, 0.15) is 12.5 Å². The Labute approximate surface area is 152 Å². The molecule has 0 radical (unpaired) electrons. The van der Waals surface area contributed by atoms with E-state index in [0.29, 0.717) is 43.6 Å². The number of halogens is 1. The van der Waals surface area contributed by atoms with E-state index in [4.69, 9.17) is 16.3 Å². The van der Waals surface area contributed by atoms with E-state index >= 15 is 0 Å². The van der Waals surface area contributed by atoms with Crippen molar-refractivity contribution in [3.63, 3.8) is 0 Å². The maximum absolute atomic E-state index is 11.9. The smallest absolute Gasteiger partial charge is 0.234 e. The fourth-order valence-electron chi connectivity index (χ4n) is 2.98. The molecule has 0 fully saturated rings. The van der Waals surface area contributed by atoms with Crippen molar-refractivity contribution < 1.29 is 14.6 Å². The van der Waals surface area contributed by atoms with Crippen LogP contribution in [0.25, 0.3) is 11.1 Å². The monoisotopic (exact) mass is 360 g/mol. The Kier molecular flexibility index (Phi) is 5.46. The van der Waals surface area contributed by atoms with Gasteiger partial charge in [-0.15, -0.1) is 0 Å². The van der Waals surface area contributed by atoms with Crippen LogP contribution < -0.4 is 10.1 Å². The molecule has 0 saturated heterocycles. The van der Waals surface area contributed by atoms with Crippen molar-refractivity contribution in [3.05, 3.63) is 47.0 Å². The largest absolute Gasteiger partial charge is 0.504 e. The number of ether oxygens (including phenoxy) is 1. The molecule has 0 bridgehead atoms. The molecule has 6 heteroatoms. The van der Waals surface area contributed by atoms with E-state index in [0.717, 1.165) is 16.7 Å². The average molecular weight is 361 g/mol. The number of fused-ring (bicyclic) bond motifs is 1. The molecule has 2 aromatic carbocycles. The number of aromatic hydroxyl groups is 1. The predicted octanol–water partition coefficient (Wildman–Crippen LogP) is 3.04. The molecule has 0 atom stereocenters. The zero-order chi connectivity index (χ0) is 17.8. The Morgan fingerprint density at radius 3 is 2.92 bits per heavy atom. The number of phenols is 1. The summed E-state index contributed by atoms with van der Waals surface area (Å²) in [6.45, 7) is 4.40. The third-order valence-electron chi connectivity index (χ3n) is 4.09. The van der Waals surface area contributed by atoms with Crippen molar-refractivity contribution in [2.45, 2.75) is 13.5 Å². The van der Waals surface area contributed by atoms with Gasteiger partial charge in [0, 0.05) is 30.2 Å². The molecule has 1 amide bonds. The van der Waals surface area contributed by atoms with E-state index in [1.54, 1.807) is 6.07 Å². The average Bonchev–Trinajstić information content (AvgIpc) is 2.77. The highest BCUT2D eigenvalue weighted by Gasteiger charge is 2.21. The Hall–Kier alpha value is -2.24. The lowest BCUT2D eigenvalue weighted by Crippen LogP contribution is -2.37.